The molecule has 0 atom stereocenters. The molecule has 32 heavy (non-hydrogen) atoms. The summed E-state index contributed by atoms with van der Waals surface area (Å²) >= 11 is 6.13. The van der Waals surface area contributed by atoms with E-state index in [-0.39, 0.29) is 17.3 Å². The predicted octanol–water partition coefficient (Wildman–Crippen LogP) is 2.54. The highest BCUT2D eigenvalue weighted by Crippen LogP contribution is 2.19. The molecule has 0 radical (unpaired) electrons. The third-order valence-electron chi connectivity index (χ3n) is 4.36. The monoisotopic (exact) mass is 452 g/mol. The second kappa shape index (κ2) is 9.27. The molecule has 2 heterocycles. The van der Waals surface area contributed by atoms with Gasteiger partial charge in [0, 0.05) is 10.6 Å². The van der Waals surface area contributed by atoms with Crippen molar-refractivity contribution in [2.75, 3.05) is 5.73 Å². The van der Waals surface area contributed by atoms with Gasteiger partial charge in [-0.3, -0.25) is 4.79 Å². The number of hydrogen-bond acceptors (Lipinski definition) is 9. The van der Waals surface area contributed by atoms with Crippen LogP contribution in [0.1, 0.15) is 27.3 Å². The first-order valence-electron chi connectivity index (χ1n) is 9.33. The lowest BCUT2D eigenvalue weighted by Gasteiger charge is -2.07. The van der Waals surface area contributed by atoms with Crippen LogP contribution < -0.4 is 15.9 Å². The summed E-state index contributed by atoms with van der Waals surface area (Å²) in [6.45, 7) is 1.98. The summed E-state index contributed by atoms with van der Waals surface area (Å²) in [4.78, 5) is 12.6. The van der Waals surface area contributed by atoms with E-state index in [2.05, 4.69) is 35.8 Å². The third-order valence-corrected chi connectivity index (χ3v) is 4.73. The van der Waals surface area contributed by atoms with Crippen LogP contribution in [0.4, 0.5) is 5.82 Å². The number of hydrogen-bond donors (Lipinski definition) is 2. The standard InChI is InChI=1S/C20H17ClN8O3/c1-12-17(29(28-24-12)19-18(22)26-32-27-19)20(30)25-23-10-13-6-8-15(9-7-13)31-11-14-4-2-3-5-16(14)21/h2-10H,11H2,1H3,(H2,22,26)(H,25,30). The molecule has 0 saturated carbocycles. The van der Waals surface area contributed by atoms with Gasteiger partial charge >= 0.3 is 0 Å². The summed E-state index contributed by atoms with van der Waals surface area (Å²) in [6.07, 6.45) is 1.49. The first kappa shape index (κ1) is 21.0. The molecule has 0 spiro atoms. The fourth-order valence-electron chi connectivity index (χ4n) is 2.75. The topological polar surface area (TPSA) is 146 Å². The molecule has 4 rings (SSSR count). The van der Waals surface area contributed by atoms with Gasteiger partial charge in [0.1, 0.15) is 12.4 Å². The second-order valence-corrected chi connectivity index (χ2v) is 6.96. The maximum atomic E-state index is 12.6. The van der Waals surface area contributed by atoms with Crippen LogP contribution in [0.5, 0.6) is 5.75 Å². The zero-order valence-electron chi connectivity index (χ0n) is 16.8. The molecule has 3 N–H and O–H groups in total. The van der Waals surface area contributed by atoms with Crippen LogP contribution in [0.2, 0.25) is 5.02 Å². The lowest BCUT2D eigenvalue weighted by molar-refractivity contribution is 0.0946. The highest BCUT2D eigenvalue weighted by molar-refractivity contribution is 6.31. The van der Waals surface area contributed by atoms with Crippen molar-refractivity contribution >= 4 is 29.5 Å². The summed E-state index contributed by atoms with van der Waals surface area (Å²) in [6, 6.07) is 14.7. The molecule has 0 bridgehead atoms. The van der Waals surface area contributed by atoms with Gasteiger partial charge in [0.25, 0.3) is 5.91 Å². The number of hydrazone groups is 1. The maximum Gasteiger partial charge on any atom is 0.292 e. The van der Waals surface area contributed by atoms with Crippen LogP contribution in [0, 0.1) is 6.92 Å². The lowest BCUT2D eigenvalue weighted by atomic mass is 10.2. The zero-order chi connectivity index (χ0) is 22.5. The van der Waals surface area contributed by atoms with Crippen molar-refractivity contribution < 1.29 is 14.2 Å². The fourth-order valence-corrected chi connectivity index (χ4v) is 2.94. The summed E-state index contributed by atoms with van der Waals surface area (Å²) in [5.74, 6) is 0.165. The maximum absolute atomic E-state index is 12.6. The van der Waals surface area contributed by atoms with Crippen molar-refractivity contribution in [1.29, 1.82) is 0 Å². The van der Waals surface area contributed by atoms with Crippen LogP contribution in [-0.4, -0.2) is 37.4 Å². The number of nitrogens with zero attached hydrogens (tertiary/aromatic N) is 6. The van der Waals surface area contributed by atoms with Crippen molar-refractivity contribution in [3.05, 3.63) is 76.1 Å². The fraction of sp³-hybridized carbons (Fsp3) is 0.100. The minimum atomic E-state index is -0.550. The third kappa shape index (κ3) is 4.57. The average molecular weight is 453 g/mol. The number of carbonyl (C=O) groups excluding carboxylic acids is 1. The number of aryl methyl sites for hydroxylation is 1. The van der Waals surface area contributed by atoms with Gasteiger partial charge in [-0.25, -0.2) is 10.1 Å². The molecule has 11 nitrogen and oxygen atoms in total. The molecule has 12 heteroatoms. The Hall–Kier alpha value is -4.25. The Morgan fingerprint density at radius 3 is 2.75 bits per heavy atom. The zero-order valence-corrected chi connectivity index (χ0v) is 17.5. The Bertz CT molecular complexity index is 1270. The van der Waals surface area contributed by atoms with Crippen LogP contribution in [0.3, 0.4) is 0 Å². The van der Waals surface area contributed by atoms with Crippen LogP contribution in [0.15, 0.2) is 58.3 Å². The smallest absolute Gasteiger partial charge is 0.292 e. The molecular weight excluding hydrogens is 436 g/mol. The SMILES string of the molecule is Cc1nnn(-c2nonc2N)c1C(=O)NN=Cc1ccc(OCc2ccccc2Cl)cc1. The number of nitrogens with one attached hydrogen (secondary N) is 1. The van der Waals surface area contributed by atoms with Gasteiger partial charge in [-0.05, 0) is 53.1 Å². The van der Waals surface area contributed by atoms with Crippen molar-refractivity contribution in [1.82, 2.24) is 30.7 Å². The Labute approximate surface area is 186 Å². The first-order valence-corrected chi connectivity index (χ1v) is 9.71. The molecule has 0 aliphatic heterocycles. The normalized spacial score (nSPS) is 11.1. The van der Waals surface area contributed by atoms with Gasteiger partial charge in [-0.2, -0.15) is 9.78 Å². The molecule has 0 aliphatic rings. The number of halogens is 1. The number of aromatic nitrogens is 5. The number of benzene rings is 2. The largest absolute Gasteiger partial charge is 0.489 e. The van der Waals surface area contributed by atoms with E-state index in [1.165, 1.54) is 6.21 Å². The summed E-state index contributed by atoms with van der Waals surface area (Å²) in [5, 5.41) is 19.4. The molecule has 2 aromatic heterocycles. The van der Waals surface area contributed by atoms with Crippen molar-refractivity contribution in [2.24, 2.45) is 5.10 Å². The summed E-state index contributed by atoms with van der Waals surface area (Å²) in [5.41, 5.74) is 10.2. The molecule has 0 unspecified atom stereocenters. The molecule has 0 saturated heterocycles. The lowest BCUT2D eigenvalue weighted by Crippen LogP contribution is -2.22. The van der Waals surface area contributed by atoms with Crippen molar-refractivity contribution in [2.45, 2.75) is 13.5 Å². The number of carbonyl (C=O) groups is 1. The number of rotatable bonds is 7. The van der Waals surface area contributed by atoms with E-state index < -0.39 is 5.91 Å². The number of nitrogen functional groups attached to an aromatic ring is 1. The van der Waals surface area contributed by atoms with Crippen LogP contribution in [0.25, 0.3) is 5.82 Å². The van der Waals surface area contributed by atoms with Gasteiger partial charge in [0.2, 0.25) is 11.6 Å². The van der Waals surface area contributed by atoms with E-state index in [0.29, 0.717) is 23.1 Å². The molecule has 2 aromatic carbocycles. The van der Waals surface area contributed by atoms with Gasteiger partial charge in [-0.15, -0.1) is 5.10 Å². The number of amides is 1. The van der Waals surface area contributed by atoms with E-state index in [9.17, 15) is 4.79 Å². The molecule has 0 fully saturated rings. The van der Waals surface area contributed by atoms with E-state index in [0.717, 1.165) is 15.8 Å². The average Bonchev–Trinajstić information content (AvgIpc) is 3.39. The Morgan fingerprint density at radius 2 is 2.03 bits per heavy atom. The van der Waals surface area contributed by atoms with Gasteiger partial charge in [0.05, 0.1) is 11.9 Å². The van der Waals surface area contributed by atoms with Crippen LogP contribution in [-0.2, 0) is 6.61 Å². The predicted molar refractivity (Wildman–Crippen MR) is 116 cm³/mol. The molecule has 1 amide bonds. The Morgan fingerprint density at radius 1 is 1.25 bits per heavy atom. The molecule has 0 aliphatic carbocycles. The second-order valence-electron chi connectivity index (χ2n) is 6.56. The molecular formula is C20H17ClN8O3. The quantitative estimate of drug-likeness (QED) is 0.321. The summed E-state index contributed by atoms with van der Waals surface area (Å²) in [7, 11) is 0. The van der Waals surface area contributed by atoms with E-state index >= 15 is 0 Å². The highest BCUT2D eigenvalue weighted by atomic mass is 35.5. The number of ether oxygens (including phenoxy) is 1. The first-order chi connectivity index (χ1) is 15.5. The molecule has 4 aromatic rings. The molecule has 162 valence electrons. The van der Waals surface area contributed by atoms with E-state index in [4.69, 9.17) is 22.1 Å². The van der Waals surface area contributed by atoms with Crippen molar-refractivity contribution in [3.8, 4) is 11.6 Å². The number of nitrogens with two attached hydrogens (primary N) is 1. The number of anilines is 1. The van der Waals surface area contributed by atoms with Crippen LogP contribution >= 0.6 is 11.6 Å². The van der Waals surface area contributed by atoms with E-state index in [1.54, 1.807) is 31.2 Å². The summed E-state index contributed by atoms with van der Waals surface area (Å²) < 4.78 is 11.4. The van der Waals surface area contributed by atoms with Crippen molar-refractivity contribution in [3.63, 3.8) is 0 Å². The van der Waals surface area contributed by atoms with E-state index in [1.807, 2.05) is 24.3 Å². The minimum Gasteiger partial charge on any atom is -0.489 e. The van der Waals surface area contributed by atoms with Gasteiger partial charge in [-0.1, -0.05) is 35.0 Å². The Kier molecular flexibility index (Phi) is 6.08. The van der Waals surface area contributed by atoms with Gasteiger partial charge < -0.3 is 10.5 Å². The van der Waals surface area contributed by atoms with Gasteiger partial charge in [0.15, 0.2) is 5.69 Å². The minimum absolute atomic E-state index is 0.0238. The Balaban J connectivity index is 1.37. The highest BCUT2D eigenvalue weighted by Gasteiger charge is 2.22.